The minimum Gasteiger partial charge on any atom is -0.432 e. The second-order valence-corrected chi connectivity index (χ2v) is 3.51. The van der Waals surface area contributed by atoms with E-state index in [0.717, 1.165) is 19.1 Å². The molecule has 0 saturated heterocycles. The van der Waals surface area contributed by atoms with Crippen molar-refractivity contribution in [3.05, 3.63) is 12.5 Å². The van der Waals surface area contributed by atoms with Gasteiger partial charge in [-0.25, -0.2) is 4.98 Å². The standard InChI is InChI=1S/C11H20N2O/c1-3-5-8-13(9-6-4-2)11-12-7-10-14-11/h7,10H,3-6,8-9H2,1-2H3. The summed E-state index contributed by atoms with van der Waals surface area (Å²) in [6.45, 7) is 6.51. The van der Waals surface area contributed by atoms with Crippen molar-refractivity contribution >= 4 is 6.01 Å². The van der Waals surface area contributed by atoms with Gasteiger partial charge in [0.1, 0.15) is 6.26 Å². The topological polar surface area (TPSA) is 29.3 Å². The van der Waals surface area contributed by atoms with E-state index in [-0.39, 0.29) is 0 Å². The first-order chi connectivity index (χ1) is 6.88. The average molecular weight is 196 g/mol. The van der Waals surface area contributed by atoms with Crippen LogP contribution in [0.5, 0.6) is 0 Å². The van der Waals surface area contributed by atoms with Crippen LogP contribution >= 0.6 is 0 Å². The van der Waals surface area contributed by atoms with Crippen molar-refractivity contribution in [2.75, 3.05) is 18.0 Å². The van der Waals surface area contributed by atoms with E-state index in [4.69, 9.17) is 4.42 Å². The zero-order valence-electron chi connectivity index (χ0n) is 9.20. The van der Waals surface area contributed by atoms with Crippen LogP contribution in [0.15, 0.2) is 16.9 Å². The van der Waals surface area contributed by atoms with Gasteiger partial charge in [0.2, 0.25) is 0 Å². The van der Waals surface area contributed by atoms with E-state index in [2.05, 4.69) is 23.7 Å². The molecule has 0 aliphatic heterocycles. The molecule has 1 heterocycles. The molecule has 14 heavy (non-hydrogen) atoms. The molecule has 0 fully saturated rings. The number of rotatable bonds is 7. The van der Waals surface area contributed by atoms with Gasteiger partial charge >= 0.3 is 0 Å². The molecule has 1 aromatic heterocycles. The lowest BCUT2D eigenvalue weighted by Crippen LogP contribution is -2.25. The van der Waals surface area contributed by atoms with Gasteiger partial charge in [0.05, 0.1) is 6.20 Å². The summed E-state index contributed by atoms with van der Waals surface area (Å²) >= 11 is 0. The van der Waals surface area contributed by atoms with Crippen molar-refractivity contribution < 1.29 is 4.42 Å². The summed E-state index contributed by atoms with van der Waals surface area (Å²) in [5.41, 5.74) is 0. The number of hydrogen-bond acceptors (Lipinski definition) is 3. The fourth-order valence-corrected chi connectivity index (χ4v) is 1.37. The largest absolute Gasteiger partial charge is 0.432 e. The van der Waals surface area contributed by atoms with Gasteiger partial charge in [-0.3, -0.25) is 0 Å². The monoisotopic (exact) mass is 196 g/mol. The Kier molecular flexibility index (Phi) is 5.12. The Morgan fingerprint density at radius 1 is 1.21 bits per heavy atom. The normalized spacial score (nSPS) is 10.4. The third kappa shape index (κ3) is 3.40. The average Bonchev–Trinajstić information content (AvgIpc) is 2.71. The number of hydrogen-bond donors (Lipinski definition) is 0. The Labute approximate surface area is 86.1 Å². The number of aromatic nitrogens is 1. The minimum atomic E-state index is 0.770. The van der Waals surface area contributed by atoms with Gasteiger partial charge in [-0.1, -0.05) is 26.7 Å². The molecule has 0 amide bonds. The Morgan fingerprint density at radius 3 is 2.29 bits per heavy atom. The maximum atomic E-state index is 5.30. The highest BCUT2D eigenvalue weighted by Crippen LogP contribution is 2.12. The molecule has 0 bridgehead atoms. The quantitative estimate of drug-likeness (QED) is 0.671. The molecule has 1 rings (SSSR count). The van der Waals surface area contributed by atoms with E-state index in [0.29, 0.717) is 0 Å². The van der Waals surface area contributed by atoms with Gasteiger partial charge in [-0.2, -0.15) is 0 Å². The summed E-state index contributed by atoms with van der Waals surface area (Å²) < 4.78 is 5.30. The second-order valence-electron chi connectivity index (χ2n) is 3.51. The molecule has 0 aliphatic carbocycles. The van der Waals surface area contributed by atoms with Crippen molar-refractivity contribution in [1.82, 2.24) is 4.98 Å². The number of oxazole rings is 1. The maximum absolute atomic E-state index is 5.30. The Bertz CT molecular complexity index is 213. The molecule has 0 unspecified atom stereocenters. The molecule has 1 aromatic rings. The Morgan fingerprint density at radius 2 is 1.86 bits per heavy atom. The van der Waals surface area contributed by atoms with Crippen molar-refractivity contribution in [2.24, 2.45) is 0 Å². The lowest BCUT2D eigenvalue weighted by Gasteiger charge is -2.19. The van der Waals surface area contributed by atoms with Gasteiger partial charge in [0.15, 0.2) is 0 Å². The van der Waals surface area contributed by atoms with E-state index in [1.807, 2.05) is 0 Å². The molecule has 0 spiro atoms. The van der Waals surface area contributed by atoms with Crippen LogP contribution in [0.3, 0.4) is 0 Å². The van der Waals surface area contributed by atoms with E-state index >= 15 is 0 Å². The van der Waals surface area contributed by atoms with Crippen LogP contribution in [0.2, 0.25) is 0 Å². The number of unbranched alkanes of at least 4 members (excludes halogenated alkanes) is 2. The molecular formula is C11H20N2O. The first kappa shape index (κ1) is 11.1. The van der Waals surface area contributed by atoms with Gasteiger partial charge in [0, 0.05) is 13.1 Å². The van der Waals surface area contributed by atoms with Crippen LogP contribution in [-0.2, 0) is 0 Å². The summed E-state index contributed by atoms with van der Waals surface area (Å²) in [5.74, 6) is 0. The zero-order valence-corrected chi connectivity index (χ0v) is 9.20. The van der Waals surface area contributed by atoms with Crippen LogP contribution in [0.4, 0.5) is 6.01 Å². The SMILES string of the molecule is CCCCN(CCCC)c1ncco1. The molecule has 0 aromatic carbocycles. The molecule has 3 heteroatoms. The third-order valence-electron chi connectivity index (χ3n) is 2.25. The summed E-state index contributed by atoms with van der Waals surface area (Å²) in [4.78, 5) is 6.41. The highest BCUT2D eigenvalue weighted by Gasteiger charge is 2.08. The number of nitrogens with zero attached hydrogens (tertiary/aromatic N) is 2. The van der Waals surface area contributed by atoms with Crippen molar-refractivity contribution in [3.63, 3.8) is 0 Å². The molecule has 0 aliphatic rings. The van der Waals surface area contributed by atoms with E-state index in [1.54, 1.807) is 12.5 Å². The summed E-state index contributed by atoms with van der Waals surface area (Å²) in [7, 11) is 0. The van der Waals surface area contributed by atoms with Crippen LogP contribution < -0.4 is 4.90 Å². The molecule has 80 valence electrons. The van der Waals surface area contributed by atoms with E-state index < -0.39 is 0 Å². The minimum absolute atomic E-state index is 0.770. The Hall–Kier alpha value is -0.990. The van der Waals surface area contributed by atoms with Gasteiger partial charge in [-0.15, -0.1) is 0 Å². The van der Waals surface area contributed by atoms with E-state index in [1.165, 1.54) is 25.7 Å². The summed E-state index contributed by atoms with van der Waals surface area (Å²) in [6, 6.07) is 0.770. The Balaban J connectivity index is 2.44. The van der Waals surface area contributed by atoms with Crippen LogP contribution in [-0.4, -0.2) is 18.1 Å². The third-order valence-corrected chi connectivity index (χ3v) is 2.25. The first-order valence-electron chi connectivity index (χ1n) is 5.53. The van der Waals surface area contributed by atoms with Gasteiger partial charge in [0.25, 0.3) is 6.01 Å². The predicted octanol–water partition coefficient (Wildman–Crippen LogP) is 3.08. The van der Waals surface area contributed by atoms with Crippen LogP contribution in [0, 0.1) is 0 Å². The molecule has 0 atom stereocenters. The van der Waals surface area contributed by atoms with Gasteiger partial charge < -0.3 is 9.32 Å². The predicted molar refractivity (Wildman–Crippen MR) is 58.5 cm³/mol. The smallest absolute Gasteiger partial charge is 0.297 e. The zero-order chi connectivity index (χ0) is 10.2. The lowest BCUT2D eigenvalue weighted by atomic mass is 10.3. The number of anilines is 1. The molecule has 0 N–H and O–H groups in total. The van der Waals surface area contributed by atoms with Crippen molar-refractivity contribution in [1.29, 1.82) is 0 Å². The summed E-state index contributed by atoms with van der Waals surface area (Å²) in [5, 5.41) is 0. The van der Waals surface area contributed by atoms with Crippen LogP contribution in [0.1, 0.15) is 39.5 Å². The molecule has 0 radical (unpaired) electrons. The van der Waals surface area contributed by atoms with E-state index in [9.17, 15) is 0 Å². The van der Waals surface area contributed by atoms with Gasteiger partial charge in [-0.05, 0) is 12.8 Å². The highest BCUT2D eigenvalue weighted by molar-refractivity contribution is 5.23. The van der Waals surface area contributed by atoms with Crippen molar-refractivity contribution in [3.8, 4) is 0 Å². The highest BCUT2D eigenvalue weighted by atomic mass is 16.4. The summed E-state index contributed by atoms with van der Waals surface area (Å²) in [6.07, 6.45) is 8.17. The molecule has 0 saturated carbocycles. The van der Waals surface area contributed by atoms with Crippen LogP contribution in [0.25, 0.3) is 0 Å². The lowest BCUT2D eigenvalue weighted by molar-refractivity contribution is 0.522. The molecule has 3 nitrogen and oxygen atoms in total. The maximum Gasteiger partial charge on any atom is 0.297 e. The molecular weight excluding hydrogens is 176 g/mol. The first-order valence-corrected chi connectivity index (χ1v) is 5.53. The second kappa shape index (κ2) is 6.46. The fraction of sp³-hybridized carbons (Fsp3) is 0.727. The fourth-order valence-electron chi connectivity index (χ4n) is 1.37. The van der Waals surface area contributed by atoms with Crippen molar-refractivity contribution in [2.45, 2.75) is 39.5 Å².